The van der Waals surface area contributed by atoms with Crippen LogP contribution in [-0.2, 0) is 30.2 Å². The van der Waals surface area contributed by atoms with E-state index in [9.17, 15) is 14.0 Å². The van der Waals surface area contributed by atoms with Gasteiger partial charge in [-0.3, -0.25) is 0 Å². The smallest absolute Gasteiger partial charge is 0.408 e. The van der Waals surface area contributed by atoms with Crippen molar-refractivity contribution in [3.8, 4) is 5.75 Å². The van der Waals surface area contributed by atoms with Crippen molar-refractivity contribution in [1.82, 2.24) is 5.32 Å². The van der Waals surface area contributed by atoms with Gasteiger partial charge in [-0.05, 0) is 68.1 Å². The minimum atomic E-state index is -1.17. The number of benzene rings is 1. The summed E-state index contributed by atoms with van der Waals surface area (Å²) < 4.78 is 42.1. The highest BCUT2D eigenvalue weighted by atomic mass is 79.9. The van der Waals surface area contributed by atoms with E-state index in [0.717, 1.165) is 19.3 Å². The van der Waals surface area contributed by atoms with Crippen LogP contribution in [0.5, 0.6) is 5.75 Å². The largest absolute Gasteiger partial charge is 0.490 e. The minimum Gasteiger partial charge on any atom is -0.490 e. The highest BCUT2D eigenvalue weighted by Crippen LogP contribution is 2.32. The van der Waals surface area contributed by atoms with Crippen LogP contribution in [-0.4, -0.2) is 56.9 Å². The third kappa shape index (κ3) is 8.55. The molecule has 1 N–H and O–H groups in total. The van der Waals surface area contributed by atoms with Crippen LogP contribution in [0.4, 0.5) is 9.18 Å². The fourth-order valence-corrected chi connectivity index (χ4v) is 3.56. The van der Waals surface area contributed by atoms with Gasteiger partial charge in [-0.2, -0.15) is 0 Å². The molecule has 32 heavy (non-hydrogen) atoms. The molecule has 0 aliphatic carbocycles. The lowest BCUT2D eigenvalue weighted by Gasteiger charge is -2.24. The average Bonchev–Trinajstić information content (AvgIpc) is 2.73. The number of rotatable bonds is 9. The number of carbonyl (C=O) groups excluding carboxylic acids is 2. The molecule has 0 spiro atoms. The van der Waals surface area contributed by atoms with Crippen molar-refractivity contribution < 1.29 is 37.7 Å². The van der Waals surface area contributed by atoms with Gasteiger partial charge in [0.25, 0.3) is 0 Å². The number of esters is 1. The first-order chi connectivity index (χ1) is 15.1. The van der Waals surface area contributed by atoms with Crippen LogP contribution in [0.25, 0.3) is 0 Å². The zero-order valence-electron chi connectivity index (χ0n) is 18.9. The van der Waals surface area contributed by atoms with Crippen LogP contribution in [0.15, 0.2) is 16.6 Å². The Morgan fingerprint density at radius 2 is 2.03 bits per heavy atom. The third-order valence-electron chi connectivity index (χ3n) is 4.51. The van der Waals surface area contributed by atoms with Crippen LogP contribution in [0.1, 0.15) is 45.6 Å². The number of carbonyl (C=O) groups is 2. The fraction of sp³-hybridized carbons (Fsp3) is 0.636. The van der Waals surface area contributed by atoms with Gasteiger partial charge in [0, 0.05) is 18.6 Å². The molecule has 2 atom stereocenters. The Hall–Kier alpha value is -1.91. The number of hydrogen-bond donors (Lipinski definition) is 1. The molecule has 0 bridgehead atoms. The summed E-state index contributed by atoms with van der Waals surface area (Å²) >= 11 is 3.36. The summed E-state index contributed by atoms with van der Waals surface area (Å²) in [5.74, 6) is -1.10. The molecule has 8 nitrogen and oxygen atoms in total. The van der Waals surface area contributed by atoms with Gasteiger partial charge in [0.15, 0.2) is 6.29 Å². The van der Waals surface area contributed by atoms with Gasteiger partial charge in [-0.15, -0.1) is 0 Å². The molecular weight excluding hydrogens is 489 g/mol. The summed E-state index contributed by atoms with van der Waals surface area (Å²) in [7, 11) is 1.19. The Morgan fingerprint density at radius 1 is 1.28 bits per heavy atom. The Bertz CT molecular complexity index is 778. The first kappa shape index (κ1) is 26.3. The summed E-state index contributed by atoms with van der Waals surface area (Å²) in [6, 6.07) is 1.58. The van der Waals surface area contributed by atoms with E-state index in [0.29, 0.717) is 11.1 Å². The third-order valence-corrected chi connectivity index (χ3v) is 5.14. The Balaban J connectivity index is 2.08. The zero-order valence-corrected chi connectivity index (χ0v) is 20.5. The monoisotopic (exact) mass is 519 g/mol. The summed E-state index contributed by atoms with van der Waals surface area (Å²) in [6.07, 6.45) is 1.63. The molecule has 2 rings (SSSR count). The van der Waals surface area contributed by atoms with Crippen LogP contribution >= 0.6 is 15.9 Å². The zero-order chi connectivity index (χ0) is 23.7. The molecule has 1 aliphatic rings. The maximum atomic E-state index is 14.7. The van der Waals surface area contributed by atoms with E-state index >= 15 is 0 Å². The quantitative estimate of drug-likeness (QED) is 0.387. The topological polar surface area (TPSA) is 92.3 Å². The molecule has 1 heterocycles. The first-order valence-electron chi connectivity index (χ1n) is 10.5. The van der Waals surface area contributed by atoms with E-state index < -0.39 is 29.5 Å². The second-order valence-electron chi connectivity index (χ2n) is 8.28. The van der Waals surface area contributed by atoms with E-state index in [1.54, 1.807) is 20.8 Å². The lowest BCUT2D eigenvalue weighted by molar-refractivity contribution is -0.165. The predicted molar refractivity (Wildman–Crippen MR) is 118 cm³/mol. The molecule has 1 fully saturated rings. The molecule has 1 unspecified atom stereocenters. The van der Waals surface area contributed by atoms with Crippen molar-refractivity contribution in [2.45, 2.75) is 64.4 Å². The maximum absolute atomic E-state index is 14.7. The van der Waals surface area contributed by atoms with Gasteiger partial charge < -0.3 is 29.0 Å². The molecule has 0 aromatic heterocycles. The van der Waals surface area contributed by atoms with E-state index in [4.69, 9.17) is 23.7 Å². The summed E-state index contributed by atoms with van der Waals surface area (Å²) in [4.78, 5) is 24.4. The van der Waals surface area contributed by atoms with Crippen molar-refractivity contribution >= 4 is 28.0 Å². The van der Waals surface area contributed by atoms with Crippen LogP contribution in [0.3, 0.4) is 0 Å². The number of alkyl carbamates (subject to hydrolysis) is 1. The summed E-state index contributed by atoms with van der Waals surface area (Å²) in [6.45, 7) is 6.16. The highest BCUT2D eigenvalue weighted by molar-refractivity contribution is 9.10. The molecular formula is C22H31BrFNO7. The second kappa shape index (κ2) is 12.4. The summed E-state index contributed by atoms with van der Waals surface area (Å²) in [5.41, 5.74) is -0.651. The number of halogens is 2. The molecule has 1 aromatic carbocycles. The van der Waals surface area contributed by atoms with Crippen molar-refractivity contribution in [2.75, 3.05) is 26.9 Å². The van der Waals surface area contributed by atoms with Crippen LogP contribution in [0.2, 0.25) is 0 Å². The van der Waals surface area contributed by atoms with Crippen molar-refractivity contribution in [3.63, 3.8) is 0 Å². The number of methoxy groups -OCH3 is 1. The van der Waals surface area contributed by atoms with Gasteiger partial charge in [-0.25, -0.2) is 14.0 Å². The summed E-state index contributed by atoms with van der Waals surface area (Å²) in [5, 5.41) is 2.44. The normalized spacial score (nSPS) is 17.4. The second-order valence-corrected chi connectivity index (χ2v) is 9.13. The van der Waals surface area contributed by atoms with Crippen LogP contribution < -0.4 is 10.1 Å². The van der Waals surface area contributed by atoms with Gasteiger partial charge in [0.05, 0.1) is 18.2 Å². The van der Waals surface area contributed by atoms with E-state index in [-0.39, 0.29) is 37.2 Å². The number of hydrogen-bond acceptors (Lipinski definition) is 7. The number of ether oxygens (including phenoxy) is 5. The molecule has 0 radical (unpaired) electrons. The van der Waals surface area contributed by atoms with Gasteiger partial charge in [0.2, 0.25) is 0 Å². The van der Waals surface area contributed by atoms with E-state index in [2.05, 4.69) is 21.2 Å². The molecule has 1 aromatic rings. The predicted octanol–water partition coefficient (Wildman–Crippen LogP) is 4.12. The van der Waals surface area contributed by atoms with Gasteiger partial charge >= 0.3 is 12.1 Å². The number of amides is 1. The fourth-order valence-electron chi connectivity index (χ4n) is 3.08. The standard InChI is InChI=1S/C22H31BrFNO7/c1-22(2,3)32-21(27)25-17(20(26)28-4)13-14-16(24)9-8-15(23)19(14)31-12-11-30-18-7-5-6-10-29-18/h8-9,17-18H,5-7,10-13H2,1-4H3,(H,25,27)/t17-,18?/m0/s1. The Kier molecular flexibility index (Phi) is 10.2. The van der Waals surface area contributed by atoms with Gasteiger partial charge in [0.1, 0.15) is 29.8 Å². The maximum Gasteiger partial charge on any atom is 0.408 e. The number of nitrogens with one attached hydrogen (secondary N) is 1. The van der Waals surface area contributed by atoms with Gasteiger partial charge in [-0.1, -0.05) is 0 Å². The van der Waals surface area contributed by atoms with Crippen molar-refractivity contribution in [2.24, 2.45) is 0 Å². The lowest BCUT2D eigenvalue weighted by atomic mass is 10.0. The Labute approximate surface area is 196 Å². The lowest BCUT2D eigenvalue weighted by Crippen LogP contribution is -2.45. The van der Waals surface area contributed by atoms with Crippen molar-refractivity contribution in [3.05, 3.63) is 28.0 Å². The first-order valence-corrected chi connectivity index (χ1v) is 11.3. The molecule has 180 valence electrons. The molecule has 0 saturated carbocycles. The van der Waals surface area contributed by atoms with E-state index in [1.165, 1.54) is 19.2 Å². The highest BCUT2D eigenvalue weighted by Gasteiger charge is 2.28. The molecule has 1 saturated heterocycles. The van der Waals surface area contributed by atoms with Crippen LogP contribution in [0, 0.1) is 5.82 Å². The SMILES string of the molecule is COC(=O)[C@H](Cc1c(F)ccc(Br)c1OCCOC1CCCCO1)NC(=O)OC(C)(C)C. The Morgan fingerprint density at radius 3 is 2.66 bits per heavy atom. The molecule has 1 aliphatic heterocycles. The molecule has 10 heteroatoms. The van der Waals surface area contributed by atoms with Crippen molar-refractivity contribution in [1.29, 1.82) is 0 Å². The van der Waals surface area contributed by atoms with E-state index in [1.807, 2.05) is 0 Å². The average molecular weight is 520 g/mol. The minimum absolute atomic E-state index is 0.111. The molecule has 1 amide bonds.